The van der Waals surface area contributed by atoms with Crippen LogP contribution in [-0.2, 0) is 10.7 Å². The van der Waals surface area contributed by atoms with Crippen LogP contribution in [-0.4, -0.2) is 12.6 Å². The second-order valence-electron chi connectivity index (χ2n) is 4.35. The summed E-state index contributed by atoms with van der Waals surface area (Å²) in [5, 5.41) is 0.166. The highest BCUT2D eigenvalue weighted by Gasteiger charge is 2.33. The number of esters is 1. The number of benzene rings is 2. The lowest BCUT2D eigenvalue weighted by molar-refractivity contribution is -0.0661. The second kappa shape index (κ2) is 6.10. The van der Waals surface area contributed by atoms with Crippen LogP contribution in [0.5, 0.6) is 0 Å². The number of hydrogen-bond acceptors (Lipinski definition) is 3. The minimum Gasteiger partial charge on any atom is -0.455 e. The van der Waals surface area contributed by atoms with Crippen molar-refractivity contribution in [3.63, 3.8) is 0 Å². The van der Waals surface area contributed by atoms with Crippen LogP contribution in [0, 0.1) is 0 Å². The molecule has 110 valence electrons. The normalized spacial score (nSPS) is 11.2. The van der Waals surface area contributed by atoms with E-state index >= 15 is 0 Å². The topological polar surface area (TPSA) is 52.3 Å². The first kappa shape index (κ1) is 15.3. The minimum absolute atomic E-state index is 0.00666. The average molecular weight is 312 g/mol. The molecule has 0 aliphatic carbocycles. The van der Waals surface area contributed by atoms with Crippen molar-refractivity contribution in [1.82, 2.24) is 0 Å². The first-order chi connectivity index (χ1) is 9.92. The maximum absolute atomic E-state index is 13.9. The van der Waals surface area contributed by atoms with Crippen LogP contribution in [0.15, 0.2) is 48.5 Å². The number of alkyl halides is 2. The van der Waals surface area contributed by atoms with E-state index in [9.17, 15) is 13.6 Å². The molecule has 2 aromatic rings. The van der Waals surface area contributed by atoms with E-state index in [1.165, 1.54) is 42.5 Å². The number of para-hydroxylation sites is 1. The Labute approximate surface area is 125 Å². The summed E-state index contributed by atoms with van der Waals surface area (Å²) in [4.78, 5) is 11.8. The molecule has 0 aliphatic heterocycles. The fraction of sp³-hybridized carbons (Fsp3) is 0.133. The largest absolute Gasteiger partial charge is 0.455 e. The molecule has 0 saturated heterocycles. The summed E-state index contributed by atoms with van der Waals surface area (Å²) >= 11 is 5.76. The Morgan fingerprint density at radius 3 is 2.48 bits per heavy atom. The van der Waals surface area contributed by atoms with Crippen molar-refractivity contribution in [2.24, 2.45) is 0 Å². The van der Waals surface area contributed by atoms with Crippen molar-refractivity contribution in [1.29, 1.82) is 0 Å². The van der Waals surface area contributed by atoms with Crippen LogP contribution in [0.4, 0.5) is 14.5 Å². The van der Waals surface area contributed by atoms with Gasteiger partial charge in [-0.3, -0.25) is 0 Å². The molecule has 0 unspecified atom stereocenters. The maximum atomic E-state index is 13.9. The van der Waals surface area contributed by atoms with Gasteiger partial charge in [-0.2, -0.15) is 8.78 Å². The summed E-state index contributed by atoms with van der Waals surface area (Å²) in [5.74, 6) is -4.21. The molecule has 0 fully saturated rings. The van der Waals surface area contributed by atoms with Crippen LogP contribution in [0.2, 0.25) is 5.02 Å². The summed E-state index contributed by atoms with van der Waals surface area (Å²) in [6, 6.07) is 11.5. The van der Waals surface area contributed by atoms with Crippen LogP contribution in [0.25, 0.3) is 0 Å². The summed E-state index contributed by atoms with van der Waals surface area (Å²) in [5.41, 5.74) is 5.36. The molecular formula is C15H12ClF2NO2. The Bertz CT molecular complexity index is 647. The first-order valence-corrected chi connectivity index (χ1v) is 6.44. The smallest absolute Gasteiger partial charge is 0.340 e. The monoisotopic (exact) mass is 311 g/mol. The van der Waals surface area contributed by atoms with E-state index in [1.54, 1.807) is 6.07 Å². The third kappa shape index (κ3) is 3.49. The third-order valence-electron chi connectivity index (χ3n) is 2.85. The van der Waals surface area contributed by atoms with Crippen molar-refractivity contribution >= 4 is 23.3 Å². The summed E-state index contributed by atoms with van der Waals surface area (Å²) in [6.45, 7) is -1.07. The zero-order chi connectivity index (χ0) is 15.5. The van der Waals surface area contributed by atoms with E-state index in [0.29, 0.717) is 0 Å². The van der Waals surface area contributed by atoms with Gasteiger partial charge in [-0.25, -0.2) is 4.79 Å². The SMILES string of the molecule is Nc1c(Cl)cccc1C(=O)OCC(F)(F)c1ccccc1. The quantitative estimate of drug-likeness (QED) is 0.689. The Morgan fingerprint density at radius 1 is 1.14 bits per heavy atom. The standard InChI is InChI=1S/C15H12ClF2NO2/c16-12-8-4-7-11(13(12)19)14(20)21-9-15(17,18)10-5-2-1-3-6-10/h1-8H,9,19H2. The molecule has 2 aromatic carbocycles. The van der Waals surface area contributed by atoms with E-state index in [4.69, 9.17) is 17.3 Å². The number of nitrogen functional groups attached to an aromatic ring is 1. The van der Waals surface area contributed by atoms with E-state index in [0.717, 1.165) is 0 Å². The molecule has 21 heavy (non-hydrogen) atoms. The van der Waals surface area contributed by atoms with Crippen LogP contribution in [0.1, 0.15) is 15.9 Å². The van der Waals surface area contributed by atoms with Crippen molar-refractivity contribution in [2.75, 3.05) is 12.3 Å². The summed E-state index contributed by atoms with van der Waals surface area (Å²) < 4.78 is 32.4. The van der Waals surface area contributed by atoms with Gasteiger partial charge in [0.2, 0.25) is 0 Å². The fourth-order valence-corrected chi connectivity index (χ4v) is 1.89. The number of carbonyl (C=O) groups excluding carboxylic acids is 1. The highest BCUT2D eigenvalue weighted by molar-refractivity contribution is 6.33. The molecule has 2 N–H and O–H groups in total. The number of carbonyl (C=O) groups is 1. The Hall–Kier alpha value is -2.14. The Morgan fingerprint density at radius 2 is 1.81 bits per heavy atom. The lowest BCUT2D eigenvalue weighted by Gasteiger charge is -2.17. The van der Waals surface area contributed by atoms with Gasteiger partial charge >= 0.3 is 11.9 Å². The third-order valence-corrected chi connectivity index (χ3v) is 3.18. The predicted octanol–water partition coefficient (Wildman–Crippen LogP) is 3.87. The number of rotatable bonds is 4. The number of hydrogen-bond donors (Lipinski definition) is 1. The van der Waals surface area contributed by atoms with Gasteiger partial charge in [0.25, 0.3) is 0 Å². The average Bonchev–Trinajstić information content (AvgIpc) is 2.49. The highest BCUT2D eigenvalue weighted by atomic mass is 35.5. The van der Waals surface area contributed by atoms with E-state index in [-0.39, 0.29) is 21.8 Å². The zero-order valence-corrected chi connectivity index (χ0v) is 11.6. The van der Waals surface area contributed by atoms with E-state index in [1.807, 2.05) is 0 Å². The van der Waals surface area contributed by atoms with Crippen molar-refractivity contribution in [3.05, 3.63) is 64.7 Å². The number of nitrogens with two attached hydrogens (primary N) is 1. The molecule has 0 saturated carbocycles. The van der Waals surface area contributed by atoms with Gasteiger partial charge in [-0.1, -0.05) is 48.0 Å². The molecular weight excluding hydrogens is 300 g/mol. The molecule has 0 aliphatic rings. The lowest BCUT2D eigenvalue weighted by Crippen LogP contribution is -2.23. The minimum atomic E-state index is -3.27. The van der Waals surface area contributed by atoms with Gasteiger partial charge in [0.05, 0.1) is 16.3 Å². The van der Waals surface area contributed by atoms with Gasteiger partial charge in [0.15, 0.2) is 6.61 Å². The molecule has 3 nitrogen and oxygen atoms in total. The molecule has 0 aromatic heterocycles. The summed E-state index contributed by atoms with van der Waals surface area (Å²) in [7, 11) is 0. The molecule has 0 amide bonds. The van der Waals surface area contributed by atoms with Crippen LogP contribution < -0.4 is 5.73 Å². The molecule has 0 bridgehead atoms. The molecule has 0 heterocycles. The zero-order valence-electron chi connectivity index (χ0n) is 10.9. The Balaban J connectivity index is 2.09. The molecule has 2 rings (SSSR count). The van der Waals surface area contributed by atoms with Crippen molar-refractivity contribution in [2.45, 2.75) is 5.92 Å². The van der Waals surface area contributed by atoms with Gasteiger partial charge < -0.3 is 10.5 Å². The van der Waals surface area contributed by atoms with Crippen molar-refractivity contribution in [3.8, 4) is 0 Å². The van der Waals surface area contributed by atoms with E-state index < -0.39 is 18.5 Å². The van der Waals surface area contributed by atoms with Gasteiger partial charge in [0.1, 0.15) is 0 Å². The van der Waals surface area contributed by atoms with E-state index in [2.05, 4.69) is 4.74 Å². The molecule has 0 atom stereocenters. The fourth-order valence-electron chi connectivity index (χ4n) is 1.71. The number of ether oxygens (including phenoxy) is 1. The first-order valence-electron chi connectivity index (χ1n) is 6.06. The lowest BCUT2D eigenvalue weighted by atomic mass is 10.1. The second-order valence-corrected chi connectivity index (χ2v) is 4.75. The van der Waals surface area contributed by atoms with Gasteiger partial charge in [0, 0.05) is 5.56 Å². The summed E-state index contributed by atoms with van der Waals surface area (Å²) in [6.07, 6.45) is 0. The highest BCUT2D eigenvalue weighted by Crippen LogP contribution is 2.29. The predicted molar refractivity (Wildman–Crippen MR) is 76.5 cm³/mol. The molecule has 6 heteroatoms. The Kier molecular flexibility index (Phi) is 4.43. The van der Waals surface area contributed by atoms with Crippen LogP contribution >= 0.6 is 11.6 Å². The van der Waals surface area contributed by atoms with Crippen molar-refractivity contribution < 1.29 is 18.3 Å². The molecule has 0 radical (unpaired) electrons. The van der Waals surface area contributed by atoms with Gasteiger partial charge in [-0.05, 0) is 12.1 Å². The number of halogens is 3. The number of anilines is 1. The maximum Gasteiger partial charge on any atom is 0.340 e. The van der Waals surface area contributed by atoms with Crippen LogP contribution in [0.3, 0.4) is 0 Å². The molecule has 0 spiro atoms. The van der Waals surface area contributed by atoms with Gasteiger partial charge in [-0.15, -0.1) is 0 Å².